The number of hydrogen-bond donors (Lipinski definition) is 0. The van der Waals surface area contributed by atoms with Crippen LogP contribution in [0.1, 0.15) is 65.7 Å². The molecule has 0 aromatic rings. The summed E-state index contributed by atoms with van der Waals surface area (Å²) in [6, 6.07) is 0. The van der Waals surface area contributed by atoms with E-state index in [0.717, 1.165) is 32.1 Å². The zero-order valence-electron chi connectivity index (χ0n) is 12.3. The first-order valence-electron chi connectivity index (χ1n) is 7.51. The lowest BCUT2D eigenvalue weighted by molar-refractivity contribution is -0.153. The first-order chi connectivity index (χ1) is 8.96. The maximum absolute atomic E-state index is 11.7. The minimum absolute atomic E-state index is 0.0253. The largest absolute Gasteiger partial charge is 0.463 e. The van der Waals surface area contributed by atoms with Gasteiger partial charge in [0.25, 0.3) is 0 Å². The molecule has 2 heterocycles. The molecule has 0 saturated carbocycles. The Morgan fingerprint density at radius 3 is 2.37 bits per heavy atom. The number of carbonyl (C=O) groups is 1. The summed E-state index contributed by atoms with van der Waals surface area (Å²) < 4.78 is 17.2. The number of rotatable bonds is 0. The lowest BCUT2D eigenvalue weighted by atomic mass is 10.0. The molecule has 2 aliphatic rings. The van der Waals surface area contributed by atoms with Crippen LogP contribution < -0.4 is 0 Å². The van der Waals surface area contributed by atoms with Gasteiger partial charge in [-0.05, 0) is 46.5 Å². The van der Waals surface area contributed by atoms with Crippen LogP contribution in [0, 0.1) is 0 Å². The molecule has 110 valence electrons. The number of cyclic esters (lactones) is 1. The van der Waals surface area contributed by atoms with Crippen molar-refractivity contribution in [2.75, 3.05) is 0 Å². The summed E-state index contributed by atoms with van der Waals surface area (Å²) in [6.07, 6.45) is 6.72. The van der Waals surface area contributed by atoms with Gasteiger partial charge in [-0.15, -0.1) is 0 Å². The predicted molar refractivity (Wildman–Crippen MR) is 71.7 cm³/mol. The second-order valence-corrected chi connectivity index (χ2v) is 6.19. The monoisotopic (exact) mass is 270 g/mol. The molecule has 0 aliphatic carbocycles. The van der Waals surface area contributed by atoms with Crippen LogP contribution in [0.4, 0.5) is 0 Å². The van der Waals surface area contributed by atoms with Crippen LogP contribution in [-0.2, 0) is 19.0 Å². The van der Waals surface area contributed by atoms with Crippen LogP contribution >= 0.6 is 0 Å². The molecule has 2 rings (SSSR count). The Balaban J connectivity index is 1.96. The highest BCUT2D eigenvalue weighted by Gasteiger charge is 2.40. The van der Waals surface area contributed by atoms with Gasteiger partial charge in [0.15, 0.2) is 5.79 Å². The zero-order chi connectivity index (χ0) is 13.9. The molecule has 0 bridgehead atoms. The molecule has 2 aliphatic heterocycles. The summed E-state index contributed by atoms with van der Waals surface area (Å²) in [5.41, 5.74) is 0. The predicted octanol–water partition coefficient (Wildman–Crippen LogP) is 3.18. The zero-order valence-corrected chi connectivity index (χ0v) is 12.3. The first-order valence-corrected chi connectivity index (χ1v) is 7.51. The van der Waals surface area contributed by atoms with Crippen LogP contribution in [0.2, 0.25) is 0 Å². The minimum atomic E-state index is -0.521. The van der Waals surface area contributed by atoms with Crippen molar-refractivity contribution in [2.45, 2.75) is 89.8 Å². The fourth-order valence-corrected chi connectivity index (χ4v) is 2.95. The molecule has 0 aromatic carbocycles. The maximum Gasteiger partial charge on any atom is 0.306 e. The number of carbonyl (C=O) groups excluding carboxylic acids is 1. The average Bonchev–Trinajstić information content (AvgIpc) is 2.59. The first kappa shape index (κ1) is 14.8. The average molecular weight is 270 g/mol. The number of hydrogen-bond acceptors (Lipinski definition) is 4. The van der Waals surface area contributed by atoms with E-state index in [-0.39, 0.29) is 24.3 Å². The van der Waals surface area contributed by atoms with E-state index in [1.165, 1.54) is 0 Å². The molecule has 0 unspecified atom stereocenters. The van der Waals surface area contributed by atoms with Gasteiger partial charge in [0.2, 0.25) is 0 Å². The third kappa shape index (κ3) is 4.46. The van der Waals surface area contributed by atoms with E-state index in [4.69, 9.17) is 14.2 Å². The number of fused-ring (bicyclic) bond motifs is 1. The summed E-state index contributed by atoms with van der Waals surface area (Å²) in [5.74, 6) is -0.632. The molecule has 3 atom stereocenters. The molecule has 0 N–H and O–H groups in total. The molecule has 0 spiro atoms. The van der Waals surface area contributed by atoms with Gasteiger partial charge in [-0.3, -0.25) is 4.79 Å². The molecule has 0 amide bonds. The molecule has 0 radical (unpaired) electrons. The van der Waals surface area contributed by atoms with Gasteiger partial charge in [0.1, 0.15) is 0 Å². The minimum Gasteiger partial charge on any atom is -0.463 e. The second kappa shape index (κ2) is 6.23. The van der Waals surface area contributed by atoms with Crippen LogP contribution in [0.25, 0.3) is 0 Å². The molecule has 2 saturated heterocycles. The smallest absolute Gasteiger partial charge is 0.306 e. The van der Waals surface area contributed by atoms with E-state index in [0.29, 0.717) is 12.8 Å². The fourth-order valence-electron chi connectivity index (χ4n) is 2.95. The van der Waals surface area contributed by atoms with Crippen molar-refractivity contribution in [3.05, 3.63) is 0 Å². The highest BCUT2D eigenvalue weighted by atomic mass is 16.7. The van der Waals surface area contributed by atoms with Crippen molar-refractivity contribution in [2.24, 2.45) is 0 Å². The van der Waals surface area contributed by atoms with E-state index in [1.54, 1.807) is 0 Å². The highest BCUT2D eigenvalue weighted by molar-refractivity contribution is 5.69. The molecular weight excluding hydrogens is 244 g/mol. The van der Waals surface area contributed by atoms with Gasteiger partial charge >= 0.3 is 5.97 Å². The van der Waals surface area contributed by atoms with Gasteiger partial charge in [0, 0.05) is 6.42 Å². The molecule has 19 heavy (non-hydrogen) atoms. The van der Waals surface area contributed by atoms with Crippen molar-refractivity contribution in [1.82, 2.24) is 0 Å². The Hall–Kier alpha value is -0.610. The van der Waals surface area contributed by atoms with Gasteiger partial charge in [0.05, 0.1) is 18.3 Å². The summed E-state index contributed by atoms with van der Waals surface area (Å²) in [7, 11) is 0. The van der Waals surface area contributed by atoms with Crippen LogP contribution in [-0.4, -0.2) is 30.1 Å². The van der Waals surface area contributed by atoms with E-state index in [9.17, 15) is 4.79 Å². The van der Waals surface area contributed by atoms with Crippen LogP contribution in [0.3, 0.4) is 0 Å². The Kier molecular flexibility index (Phi) is 4.85. The molecular formula is C15H26O4. The second-order valence-electron chi connectivity index (χ2n) is 6.19. The fraction of sp³-hybridized carbons (Fsp3) is 0.933. The van der Waals surface area contributed by atoms with Crippen molar-refractivity contribution < 1.29 is 19.0 Å². The highest BCUT2D eigenvalue weighted by Crippen LogP contribution is 2.33. The Bertz CT molecular complexity index is 313. The molecule has 0 aromatic heterocycles. The van der Waals surface area contributed by atoms with Crippen LogP contribution in [0.5, 0.6) is 0 Å². The third-order valence-electron chi connectivity index (χ3n) is 3.85. The van der Waals surface area contributed by atoms with Crippen molar-refractivity contribution in [3.8, 4) is 0 Å². The van der Waals surface area contributed by atoms with E-state index >= 15 is 0 Å². The van der Waals surface area contributed by atoms with E-state index < -0.39 is 5.79 Å². The van der Waals surface area contributed by atoms with E-state index in [1.807, 2.05) is 20.8 Å². The summed E-state index contributed by atoms with van der Waals surface area (Å²) in [6.45, 7) is 5.86. The number of esters is 1. The lowest BCUT2D eigenvalue weighted by Gasteiger charge is -2.19. The van der Waals surface area contributed by atoms with Crippen molar-refractivity contribution >= 4 is 5.97 Å². The Labute approximate surface area is 115 Å². The quantitative estimate of drug-likeness (QED) is 0.634. The van der Waals surface area contributed by atoms with Gasteiger partial charge in [-0.1, -0.05) is 12.8 Å². The van der Waals surface area contributed by atoms with Crippen molar-refractivity contribution in [3.63, 3.8) is 0 Å². The molecule has 4 heteroatoms. The Morgan fingerprint density at radius 2 is 1.63 bits per heavy atom. The lowest BCUT2D eigenvalue weighted by Crippen LogP contribution is -2.25. The SMILES string of the molecule is C[C@H]1CCCCC[C@H]2OC(C)(C)O[C@H]2CCC(=O)O1. The summed E-state index contributed by atoms with van der Waals surface area (Å²) in [5, 5.41) is 0. The van der Waals surface area contributed by atoms with E-state index in [2.05, 4.69) is 0 Å². The van der Waals surface area contributed by atoms with Crippen molar-refractivity contribution in [1.29, 1.82) is 0 Å². The van der Waals surface area contributed by atoms with Gasteiger partial charge in [-0.25, -0.2) is 0 Å². The maximum atomic E-state index is 11.7. The summed E-state index contributed by atoms with van der Waals surface area (Å²) >= 11 is 0. The standard InChI is InChI=1S/C15H26O4/c1-11-7-5-4-6-8-12-13(9-10-14(16)17-11)19-15(2,3)18-12/h11-13H,4-10H2,1-3H3/t11-,12+,13-/m0/s1. The molecule has 2 fully saturated rings. The Morgan fingerprint density at radius 1 is 1.00 bits per heavy atom. The van der Waals surface area contributed by atoms with Crippen LogP contribution in [0.15, 0.2) is 0 Å². The topological polar surface area (TPSA) is 44.8 Å². The third-order valence-corrected chi connectivity index (χ3v) is 3.85. The normalized spacial score (nSPS) is 36.8. The van der Waals surface area contributed by atoms with Gasteiger partial charge in [-0.2, -0.15) is 0 Å². The number of ether oxygens (including phenoxy) is 3. The summed E-state index contributed by atoms with van der Waals surface area (Å²) in [4.78, 5) is 11.7. The van der Waals surface area contributed by atoms with Gasteiger partial charge < -0.3 is 14.2 Å². The molecule has 4 nitrogen and oxygen atoms in total.